The second kappa shape index (κ2) is 5.83. The number of hydrogen-bond acceptors (Lipinski definition) is 3. The molecule has 3 heteroatoms. The molecule has 1 saturated heterocycles. The van der Waals surface area contributed by atoms with Gasteiger partial charge in [-0.1, -0.05) is 13.8 Å². The summed E-state index contributed by atoms with van der Waals surface area (Å²) in [6, 6.07) is 6.56. The molecule has 2 rings (SSSR count). The molecule has 0 radical (unpaired) electrons. The average molecular weight is 262 g/mol. The fourth-order valence-corrected chi connectivity index (χ4v) is 2.96. The Morgan fingerprint density at radius 1 is 1.37 bits per heavy atom. The van der Waals surface area contributed by atoms with Crippen molar-refractivity contribution < 1.29 is 4.74 Å². The van der Waals surface area contributed by atoms with Gasteiger partial charge in [-0.15, -0.1) is 0 Å². The van der Waals surface area contributed by atoms with Gasteiger partial charge >= 0.3 is 0 Å². The van der Waals surface area contributed by atoms with Crippen LogP contribution in [-0.2, 0) is 4.74 Å². The highest BCUT2D eigenvalue weighted by molar-refractivity contribution is 5.57. The monoisotopic (exact) mass is 262 g/mol. The molecule has 0 amide bonds. The number of aryl methyl sites for hydroxylation is 1. The Hall–Kier alpha value is -1.22. The van der Waals surface area contributed by atoms with Crippen LogP contribution in [0.3, 0.4) is 0 Å². The number of rotatable bonds is 4. The van der Waals surface area contributed by atoms with Gasteiger partial charge in [0.2, 0.25) is 0 Å². The Bertz CT molecular complexity index is 427. The number of hydrogen-bond donors (Lipinski definition) is 2. The van der Waals surface area contributed by atoms with Gasteiger partial charge in [-0.05, 0) is 56.4 Å². The second-order valence-corrected chi connectivity index (χ2v) is 5.65. The molecule has 1 aliphatic rings. The first kappa shape index (κ1) is 14.2. The maximum Gasteiger partial charge on any atom is 0.0696 e. The van der Waals surface area contributed by atoms with E-state index in [0.717, 1.165) is 38.0 Å². The van der Waals surface area contributed by atoms with Gasteiger partial charge < -0.3 is 15.8 Å². The molecule has 1 aromatic rings. The largest absolute Gasteiger partial charge is 0.399 e. The maximum atomic E-state index is 6.02. The quantitative estimate of drug-likeness (QED) is 0.813. The normalized spacial score (nSPS) is 22.2. The van der Waals surface area contributed by atoms with Gasteiger partial charge in [0.05, 0.1) is 5.60 Å². The molecule has 3 N–H and O–H groups in total. The highest BCUT2D eigenvalue weighted by Gasteiger charge is 2.34. The van der Waals surface area contributed by atoms with Crippen molar-refractivity contribution in [2.45, 2.75) is 58.1 Å². The molecular formula is C16H26N2O. The lowest BCUT2D eigenvalue weighted by Crippen LogP contribution is -2.43. The highest BCUT2D eigenvalue weighted by atomic mass is 16.5. The van der Waals surface area contributed by atoms with Crippen molar-refractivity contribution in [2.75, 3.05) is 17.7 Å². The minimum absolute atomic E-state index is 0.0671. The third-order valence-corrected chi connectivity index (χ3v) is 4.39. The molecule has 0 bridgehead atoms. The molecule has 3 nitrogen and oxygen atoms in total. The SMILES string of the molecule is CCC1(CC)CC(Nc2ccc(N)cc2C)CCO1. The summed E-state index contributed by atoms with van der Waals surface area (Å²) in [4.78, 5) is 0. The molecule has 1 heterocycles. The minimum Gasteiger partial charge on any atom is -0.399 e. The number of benzene rings is 1. The molecule has 0 aromatic heterocycles. The van der Waals surface area contributed by atoms with Crippen LogP contribution in [0.4, 0.5) is 11.4 Å². The number of ether oxygens (including phenoxy) is 1. The molecule has 1 aliphatic heterocycles. The van der Waals surface area contributed by atoms with Crippen LogP contribution >= 0.6 is 0 Å². The molecule has 19 heavy (non-hydrogen) atoms. The molecule has 0 saturated carbocycles. The second-order valence-electron chi connectivity index (χ2n) is 5.65. The Morgan fingerprint density at radius 3 is 2.74 bits per heavy atom. The summed E-state index contributed by atoms with van der Waals surface area (Å²) in [5, 5.41) is 3.66. The zero-order valence-corrected chi connectivity index (χ0v) is 12.3. The number of nitrogens with two attached hydrogens (primary N) is 1. The minimum atomic E-state index is 0.0671. The van der Waals surface area contributed by atoms with Crippen molar-refractivity contribution >= 4 is 11.4 Å². The van der Waals surface area contributed by atoms with Crippen LogP contribution in [-0.4, -0.2) is 18.2 Å². The predicted octanol–water partition coefficient (Wildman–Crippen LogP) is 3.73. The van der Waals surface area contributed by atoms with Crippen LogP contribution < -0.4 is 11.1 Å². The maximum absolute atomic E-state index is 6.02. The van der Waals surface area contributed by atoms with E-state index in [-0.39, 0.29) is 5.60 Å². The molecule has 0 spiro atoms. The summed E-state index contributed by atoms with van der Waals surface area (Å²) < 4.78 is 6.02. The Labute approximate surface area is 116 Å². The van der Waals surface area contributed by atoms with Crippen LogP contribution in [0.1, 0.15) is 45.1 Å². The van der Waals surface area contributed by atoms with Crippen LogP contribution in [0, 0.1) is 6.92 Å². The Kier molecular flexibility index (Phi) is 4.35. The van der Waals surface area contributed by atoms with Crippen LogP contribution in [0.5, 0.6) is 0 Å². The molecule has 106 valence electrons. The van der Waals surface area contributed by atoms with Gasteiger partial charge in [-0.3, -0.25) is 0 Å². The first-order chi connectivity index (χ1) is 9.08. The number of anilines is 2. The topological polar surface area (TPSA) is 47.3 Å². The third kappa shape index (κ3) is 3.21. The van der Waals surface area contributed by atoms with E-state index in [1.165, 1.54) is 11.3 Å². The van der Waals surface area contributed by atoms with E-state index < -0.39 is 0 Å². The van der Waals surface area contributed by atoms with Crippen LogP contribution in [0.15, 0.2) is 18.2 Å². The fraction of sp³-hybridized carbons (Fsp3) is 0.625. The van der Waals surface area contributed by atoms with Crippen LogP contribution in [0.25, 0.3) is 0 Å². The van der Waals surface area contributed by atoms with Crippen molar-refractivity contribution in [1.29, 1.82) is 0 Å². The van der Waals surface area contributed by atoms with E-state index in [9.17, 15) is 0 Å². The standard InChI is InChI=1S/C16H26N2O/c1-4-16(5-2)11-14(8-9-19-16)18-15-7-6-13(17)10-12(15)3/h6-7,10,14,18H,4-5,8-9,11,17H2,1-3H3. The molecule has 1 atom stereocenters. The predicted molar refractivity (Wildman–Crippen MR) is 81.5 cm³/mol. The summed E-state index contributed by atoms with van der Waals surface area (Å²) in [5.74, 6) is 0. The van der Waals surface area contributed by atoms with E-state index in [1.807, 2.05) is 12.1 Å². The number of nitrogen functional groups attached to an aromatic ring is 1. The van der Waals surface area contributed by atoms with E-state index in [0.29, 0.717) is 6.04 Å². The van der Waals surface area contributed by atoms with Crippen molar-refractivity contribution in [3.8, 4) is 0 Å². The summed E-state index contributed by atoms with van der Waals surface area (Å²) in [7, 11) is 0. The lowest BCUT2D eigenvalue weighted by atomic mass is 9.86. The van der Waals surface area contributed by atoms with Gasteiger partial charge in [0.1, 0.15) is 0 Å². The summed E-state index contributed by atoms with van der Waals surface area (Å²) >= 11 is 0. The molecule has 1 fully saturated rings. The summed E-state index contributed by atoms with van der Waals surface area (Å²) in [6.45, 7) is 7.40. The first-order valence-electron chi connectivity index (χ1n) is 7.35. The molecule has 1 aromatic carbocycles. The first-order valence-corrected chi connectivity index (χ1v) is 7.35. The zero-order chi connectivity index (χ0) is 13.9. The van der Waals surface area contributed by atoms with Crippen molar-refractivity contribution in [2.24, 2.45) is 0 Å². The van der Waals surface area contributed by atoms with E-state index in [1.54, 1.807) is 0 Å². The lowest BCUT2D eigenvalue weighted by Gasteiger charge is -2.40. The van der Waals surface area contributed by atoms with Crippen molar-refractivity contribution in [1.82, 2.24) is 0 Å². The van der Waals surface area contributed by atoms with Crippen molar-refractivity contribution in [3.63, 3.8) is 0 Å². The van der Waals surface area contributed by atoms with Gasteiger partial charge in [-0.25, -0.2) is 0 Å². The van der Waals surface area contributed by atoms with Gasteiger partial charge in [0, 0.05) is 24.0 Å². The van der Waals surface area contributed by atoms with E-state index >= 15 is 0 Å². The molecular weight excluding hydrogens is 236 g/mol. The fourth-order valence-electron chi connectivity index (χ4n) is 2.96. The van der Waals surface area contributed by atoms with E-state index in [2.05, 4.69) is 32.2 Å². The number of nitrogens with one attached hydrogen (secondary N) is 1. The third-order valence-electron chi connectivity index (χ3n) is 4.39. The Balaban J connectivity index is 2.06. The van der Waals surface area contributed by atoms with Crippen molar-refractivity contribution in [3.05, 3.63) is 23.8 Å². The van der Waals surface area contributed by atoms with Gasteiger partial charge in [0.15, 0.2) is 0 Å². The highest BCUT2D eigenvalue weighted by Crippen LogP contribution is 2.33. The smallest absolute Gasteiger partial charge is 0.0696 e. The van der Waals surface area contributed by atoms with Gasteiger partial charge in [0.25, 0.3) is 0 Å². The van der Waals surface area contributed by atoms with Crippen LogP contribution in [0.2, 0.25) is 0 Å². The molecule has 1 unspecified atom stereocenters. The summed E-state index contributed by atoms with van der Waals surface area (Å²) in [6.07, 6.45) is 4.33. The lowest BCUT2D eigenvalue weighted by molar-refractivity contribution is -0.0864. The average Bonchev–Trinajstić information content (AvgIpc) is 2.42. The zero-order valence-electron chi connectivity index (χ0n) is 12.3. The molecule has 0 aliphatic carbocycles. The van der Waals surface area contributed by atoms with E-state index in [4.69, 9.17) is 10.5 Å². The van der Waals surface area contributed by atoms with Gasteiger partial charge in [-0.2, -0.15) is 0 Å². The summed E-state index contributed by atoms with van der Waals surface area (Å²) in [5.41, 5.74) is 9.10. The Morgan fingerprint density at radius 2 is 2.11 bits per heavy atom.